The highest BCUT2D eigenvalue weighted by atomic mass is 15.1. The summed E-state index contributed by atoms with van der Waals surface area (Å²) in [6, 6.07) is 16.3. The number of benzene rings is 8. The third-order valence-corrected chi connectivity index (χ3v) is 7.89. The molecule has 9 aromatic rings. The third-order valence-electron chi connectivity index (χ3n) is 7.89. The van der Waals surface area contributed by atoms with E-state index in [-0.39, 0.29) is 44.2 Å². The van der Waals surface area contributed by atoms with Gasteiger partial charge in [-0.25, -0.2) is 4.98 Å². The van der Waals surface area contributed by atoms with Gasteiger partial charge >= 0.3 is 0 Å². The van der Waals surface area contributed by atoms with Gasteiger partial charge in [0.25, 0.3) is 0 Å². The normalized spacial score (nSPS) is 16.0. The Labute approximate surface area is 267 Å². The average Bonchev–Trinajstić information content (AvgIpc) is 3.59. The lowest BCUT2D eigenvalue weighted by molar-refractivity contribution is 1.13. The smallest absolute Gasteiger partial charge is 0.145 e. The topological polar surface area (TPSA) is 17.8 Å². The fourth-order valence-corrected chi connectivity index (χ4v) is 6.14. The first kappa shape index (κ1) is 14.4. The largest absolute Gasteiger partial charge is 0.291 e. The van der Waals surface area contributed by atoms with Gasteiger partial charge in [-0.1, -0.05) is 139 Å². The predicted octanol–water partition coefficient (Wildman–Crippen LogP) is 11.0. The van der Waals surface area contributed by atoms with Gasteiger partial charge in [-0.15, -0.1) is 0 Å². The van der Waals surface area contributed by atoms with Crippen LogP contribution in [0.5, 0.6) is 0 Å². The summed E-state index contributed by atoms with van der Waals surface area (Å²) in [6.45, 7) is 0. The van der Waals surface area contributed by atoms with Crippen LogP contribution >= 0.6 is 0 Å². The van der Waals surface area contributed by atoms with Crippen molar-refractivity contribution >= 4 is 54.1 Å². The summed E-state index contributed by atoms with van der Waals surface area (Å²) in [5.41, 5.74) is 0.798. The molecular weight excluding hydrogens is 520 g/mol. The summed E-state index contributed by atoms with van der Waals surface area (Å²) in [6.07, 6.45) is 0. The summed E-state index contributed by atoms with van der Waals surface area (Å²) >= 11 is 0. The SMILES string of the molecule is [2H]c1c([2H])c([2H])c(-c2nc3ccccc3n2-c2c3c([2H])c([2H])c([2H])c([2H])c3c(-c3cc4ccccc4c4ccccc34)c3c([2H])c([2H])c([2H])c([2H])c23)c([2H])c1[2H]. The molecule has 1 aromatic heterocycles. The van der Waals surface area contributed by atoms with Crippen molar-refractivity contribution in [1.82, 2.24) is 9.55 Å². The van der Waals surface area contributed by atoms with Crippen LogP contribution in [0.3, 0.4) is 0 Å². The van der Waals surface area contributed by atoms with Gasteiger partial charge in [0, 0.05) is 16.3 Å². The Morgan fingerprint density at radius 2 is 1.09 bits per heavy atom. The summed E-state index contributed by atoms with van der Waals surface area (Å²) in [5, 5.41) is 2.90. The van der Waals surface area contributed by atoms with E-state index < -0.39 is 78.6 Å². The molecular formula is C41H26N2. The number of hydrogen-bond donors (Lipinski definition) is 0. The van der Waals surface area contributed by atoms with Gasteiger partial charge in [-0.2, -0.15) is 0 Å². The van der Waals surface area contributed by atoms with E-state index in [1.54, 1.807) is 24.3 Å². The number of imidazole rings is 1. The first-order valence-corrected chi connectivity index (χ1v) is 13.7. The summed E-state index contributed by atoms with van der Waals surface area (Å²) in [7, 11) is 0. The monoisotopic (exact) mass is 559 g/mol. The number of fused-ring (bicyclic) bond motifs is 6. The van der Waals surface area contributed by atoms with Crippen molar-refractivity contribution in [2.75, 3.05) is 0 Å². The van der Waals surface area contributed by atoms with Crippen molar-refractivity contribution < 1.29 is 17.8 Å². The minimum Gasteiger partial charge on any atom is -0.291 e. The predicted molar refractivity (Wildman–Crippen MR) is 182 cm³/mol. The molecule has 0 unspecified atom stereocenters. The van der Waals surface area contributed by atoms with Gasteiger partial charge in [0.05, 0.1) is 34.5 Å². The summed E-state index contributed by atoms with van der Waals surface area (Å²) < 4.78 is 118. The van der Waals surface area contributed by atoms with Gasteiger partial charge < -0.3 is 0 Å². The van der Waals surface area contributed by atoms with Crippen LogP contribution in [-0.2, 0) is 0 Å². The molecule has 0 amide bonds. The van der Waals surface area contributed by atoms with Crippen molar-refractivity contribution in [2.24, 2.45) is 0 Å². The van der Waals surface area contributed by atoms with E-state index in [4.69, 9.17) is 17.3 Å². The average molecular weight is 560 g/mol. The van der Waals surface area contributed by atoms with Crippen molar-refractivity contribution in [1.29, 1.82) is 0 Å². The van der Waals surface area contributed by atoms with E-state index in [0.717, 1.165) is 16.2 Å². The van der Waals surface area contributed by atoms with Crippen LogP contribution in [-0.4, -0.2) is 9.55 Å². The molecule has 0 atom stereocenters. The lowest BCUT2D eigenvalue weighted by Crippen LogP contribution is -2.01. The molecule has 200 valence electrons. The lowest BCUT2D eigenvalue weighted by atomic mass is 9.86. The Morgan fingerprint density at radius 3 is 1.84 bits per heavy atom. The van der Waals surface area contributed by atoms with Gasteiger partial charge in [0.1, 0.15) is 5.82 Å². The number of rotatable bonds is 3. The quantitative estimate of drug-likeness (QED) is 0.155. The number of nitrogens with zero attached hydrogens (tertiary/aromatic N) is 2. The van der Waals surface area contributed by atoms with Gasteiger partial charge in [0.15, 0.2) is 0 Å². The zero-order valence-electron chi connectivity index (χ0n) is 35.4. The van der Waals surface area contributed by atoms with Crippen LogP contribution in [0.4, 0.5) is 0 Å². The van der Waals surface area contributed by atoms with Crippen molar-refractivity contribution in [3.63, 3.8) is 0 Å². The summed E-state index contributed by atoms with van der Waals surface area (Å²) in [5.74, 6) is -0.186. The Kier molecular flexibility index (Phi) is 3.16. The zero-order chi connectivity index (χ0) is 39.6. The molecule has 0 N–H and O–H groups in total. The molecule has 43 heavy (non-hydrogen) atoms. The Balaban J connectivity index is 1.64. The molecule has 0 aliphatic rings. The maximum Gasteiger partial charge on any atom is 0.145 e. The molecule has 0 saturated carbocycles. The van der Waals surface area contributed by atoms with Crippen LogP contribution in [0.25, 0.3) is 82.3 Å². The molecule has 1 heterocycles. The summed E-state index contributed by atoms with van der Waals surface area (Å²) in [4.78, 5) is 4.76. The molecule has 0 aliphatic carbocycles. The molecule has 2 nitrogen and oxygen atoms in total. The van der Waals surface area contributed by atoms with Gasteiger partial charge in [-0.3, -0.25) is 4.57 Å². The number of aromatic nitrogens is 2. The van der Waals surface area contributed by atoms with E-state index in [1.165, 1.54) is 4.57 Å². The molecule has 0 aliphatic heterocycles. The fraction of sp³-hybridized carbons (Fsp3) is 0. The maximum absolute atomic E-state index is 9.51. The number of para-hydroxylation sites is 2. The highest BCUT2D eigenvalue weighted by Crippen LogP contribution is 2.46. The van der Waals surface area contributed by atoms with E-state index in [2.05, 4.69) is 0 Å². The molecule has 0 radical (unpaired) electrons. The van der Waals surface area contributed by atoms with E-state index in [1.807, 2.05) is 54.6 Å². The zero-order valence-corrected chi connectivity index (χ0v) is 22.4. The van der Waals surface area contributed by atoms with Crippen molar-refractivity contribution in [2.45, 2.75) is 0 Å². The first-order chi connectivity index (χ1) is 26.8. The Morgan fingerprint density at radius 1 is 0.512 bits per heavy atom. The maximum atomic E-state index is 9.51. The second kappa shape index (κ2) is 9.40. The van der Waals surface area contributed by atoms with Gasteiger partial charge in [0.2, 0.25) is 0 Å². The van der Waals surface area contributed by atoms with E-state index >= 15 is 0 Å². The van der Waals surface area contributed by atoms with Crippen LogP contribution in [0.2, 0.25) is 0 Å². The van der Waals surface area contributed by atoms with Crippen LogP contribution in [0.15, 0.2) is 157 Å². The third kappa shape index (κ3) is 3.57. The van der Waals surface area contributed by atoms with E-state index in [9.17, 15) is 5.48 Å². The Hall–Kier alpha value is -5.73. The molecule has 0 bridgehead atoms. The first-order valence-electron chi connectivity index (χ1n) is 20.2. The second-order valence-electron chi connectivity index (χ2n) is 10.2. The van der Waals surface area contributed by atoms with E-state index in [0.29, 0.717) is 22.0 Å². The molecule has 0 saturated heterocycles. The fourth-order valence-electron chi connectivity index (χ4n) is 6.14. The second-order valence-corrected chi connectivity index (χ2v) is 10.2. The Bertz CT molecular complexity index is 3140. The standard InChI is InChI=1S/C41H26N2/c1-2-14-27(15-3-1)41-42-37-24-12-13-25-38(37)43(41)40-34-22-10-8-20-32(34)39(33-21-9-11-23-35(33)40)36-26-28-16-4-5-17-29(28)30-18-6-7-19-31(30)36/h1-26H/i1D,2D,3D,8D,9D,10D,11D,14D,15D,20D,21D,22D,23D. The number of hydrogen-bond acceptors (Lipinski definition) is 1. The highest BCUT2D eigenvalue weighted by Gasteiger charge is 2.22. The molecule has 2 heteroatoms. The molecule has 0 spiro atoms. The molecule has 8 aromatic carbocycles. The lowest BCUT2D eigenvalue weighted by Gasteiger charge is -2.21. The molecule has 0 fully saturated rings. The molecule has 9 rings (SSSR count). The minimum atomic E-state index is -0.628. The van der Waals surface area contributed by atoms with Gasteiger partial charge in [-0.05, 0) is 61.6 Å². The highest BCUT2D eigenvalue weighted by molar-refractivity contribution is 6.24. The van der Waals surface area contributed by atoms with Crippen molar-refractivity contribution in [3.05, 3.63) is 157 Å². The van der Waals surface area contributed by atoms with Crippen LogP contribution in [0, 0.1) is 0 Å². The minimum absolute atomic E-state index is 0.0336. The van der Waals surface area contributed by atoms with Crippen LogP contribution < -0.4 is 0 Å². The van der Waals surface area contributed by atoms with Crippen LogP contribution in [0.1, 0.15) is 17.8 Å². The van der Waals surface area contributed by atoms with Crippen molar-refractivity contribution in [3.8, 4) is 28.2 Å².